The van der Waals surface area contributed by atoms with Crippen LogP contribution in [0.1, 0.15) is 0 Å². The average Bonchev–Trinajstić information content (AvgIpc) is 1.64. The van der Waals surface area contributed by atoms with Gasteiger partial charge in [-0.25, -0.2) is 0 Å². The zero-order chi connectivity index (χ0) is 6.73. The summed E-state index contributed by atoms with van der Waals surface area (Å²) in [5, 5.41) is 17.3. The molecule has 0 aromatic heterocycles. The van der Waals surface area contributed by atoms with Crippen molar-refractivity contribution in [2.75, 3.05) is 0 Å². The van der Waals surface area contributed by atoms with Crippen LogP contribution in [0.15, 0.2) is 0 Å². The Balaban J connectivity index is -0.000000245. The van der Waals surface area contributed by atoms with E-state index in [-0.39, 0.29) is 59.1 Å². The monoisotopic (exact) mass is 184 g/mol. The summed E-state index contributed by atoms with van der Waals surface area (Å²) in [5.41, 5.74) is -2.41. The topological polar surface area (TPSA) is 100 Å². The molecule has 0 amide bonds. The van der Waals surface area contributed by atoms with Crippen molar-refractivity contribution in [2.24, 2.45) is 0 Å². The van der Waals surface area contributed by atoms with Gasteiger partial charge in [0.15, 0.2) is 5.44 Å². The van der Waals surface area contributed by atoms with Gasteiger partial charge < -0.3 is 19.6 Å². The second-order valence-corrected chi connectivity index (χ2v) is 1.90. The first-order chi connectivity index (χ1) is 3.55. The summed E-state index contributed by atoms with van der Waals surface area (Å²) >= 11 is -3.00. The van der Waals surface area contributed by atoms with Crippen molar-refractivity contribution in [2.45, 2.75) is 5.44 Å². The number of aliphatic hydroxyl groups excluding tert-OH is 1. The average molecular weight is 184 g/mol. The molecule has 0 rings (SSSR count). The van der Waals surface area contributed by atoms with Gasteiger partial charge in [0, 0.05) is 0 Å². The molecule has 48 valence electrons. The fraction of sp³-hybridized carbons (Fsp3) is 0.500. The predicted octanol–water partition coefficient (Wildman–Crippen LogP) is -9.06. The molecule has 0 aliphatic rings. The number of aliphatic carboxylic acids is 1. The minimum Gasteiger partial charge on any atom is -0.770 e. The van der Waals surface area contributed by atoms with Gasteiger partial charge in [0.1, 0.15) is 0 Å². The fourth-order valence-electron chi connectivity index (χ4n) is 0.0786. The largest absolute Gasteiger partial charge is 1.00 e. The van der Waals surface area contributed by atoms with Gasteiger partial charge in [0.05, 0.1) is 5.97 Å². The molecular formula is C2H2Na2O5S. The van der Waals surface area contributed by atoms with Crippen LogP contribution in [0.4, 0.5) is 0 Å². The van der Waals surface area contributed by atoms with Crippen LogP contribution in [0.25, 0.3) is 0 Å². The Labute approximate surface area is 104 Å². The van der Waals surface area contributed by atoms with Crippen molar-refractivity contribution in [3.05, 3.63) is 0 Å². The molecule has 0 aliphatic carbocycles. The number of carbonyl (C=O) groups excluding carboxylic acids is 1. The molecule has 10 heavy (non-hydrogen) atoms. The Morgan fingerprint density at radius 1 is 1.50 bits per heavy atom. The van der Waals surface area contributed by atoms with Gasteiger partial charge in [-0.2, -0.15) is 0 Å². The molecule has 0 heterocycles. The van der Waals surface area contributed by atoms with Gasteiger partial charge in [0.2, 0.25) is 0 Å². The summed E-state index contributed by atoms with van der Waals surface area (Å²) in [4.78, 5) is 9.39. The first kappa shape index (κ1) is 17.6. The molecule has 8 heteroatoms. The molecule has 0 aliphatic heterocycles. The van der Waals surface area contributed by atoms with Crippen molar-refractivity contribution < 1.29 is 82.9 Å². The number of carbonyl (C=O) groups is 1. The Hall–Kier alpha value is 1.54. The van der Waals surface area contributed by atoms with E-state index in [0.717, 1.165) is 0 Å². The summed E-state index contributed by atoms with van der Waals surface area (Å²) in [6.07, 6.45) is 0. The van der Waals surface area contributed by atoms with Gasteiger partial charge in [-0.1, -0.05) is 0 Å². The zero-order valence-corrected chi connectivity index (χ0v) is 10.4. The van der Waals surface area contributed by atoms with Crippen LogP contribution in [-0.2, 0) is 15.9 Å². The maximum absolute atomic E-state index is 9.47. The van der Waals surface area contributed by atoms with Crippen LogP contribution in [0.3, 0.4) is 0 Å². The third-order valence-electron chi connectivity index (χ3n) is 0.384. The molecule has 0 bridgehead atoms. The maximum atomic E-state index is 9.47. The number of hydrogen-bond acceptors (Lipinski definition) is 5. The molecule has 1 N–H and O–H groups in total. The van der Waals surface area contributed by atoms with E-state index in [2.05, 4.69) is 0 Å². The van der Waals surface area contributed by atoms with Crippen molar-refractivity contribution in [1.82, 2.24) is 0 Å². The van der Waals surface area contributed by atoms with E-state index in [0.29, 0.717) is 0 Å². The van der Waals surface area contributed by atoms with Crippen LogP contribution in [0.5, 0.6) is 0 Å². The quantitative estimate of drug-likeness (QED) is 0.339. The van der Waals surface area contributed by atoms with Gasteiger partial charge in [0.25, 0.3) is 0 Å². The normalized spacial score (nSPS) is 13.8. The van der Waals surface area contributed by atoms with Crippen molar-refractivity contribution in [3.63, 3.8) is 0 Å². The first-order valence-electron chi connectivity index (χ1n) is 1.52. The summed E-state index contributed by atoms with van der Waals surface area (Å²) in [6, 6.07) is 0. The second kappa shape index (κ2) is 8.63. The van der Waals surface area contributed by atoms with Crippen LogP contribution in [0, 0.1) is 0 Å². The molecule has 0 spiro atoms. The van der Waals surface area contributed by atoms with Crippen LogP contribution in [0.2, 0.25) is 0 Å². The number of hydrogen-bond donors (Lipinski definition) is 1. The van der Waals surface area contributed by atoms with Gasteiger partial charge in [-0.05, 0) is 11.1 Å². The van der Waals surface area contributed by atoms with E-state index < -0.39 is 22.5 Å². The SMILES string of the molecule is O=C([O-])C(O)S(=O)[O-].[Na+].[Na+]. The van der Waals surface area contributed by atoms with E-state index in [4.69, 9.17) is 5.11 Å². The molecule has 0 saturated heterocycles. The molecule has 0 aromatic rings. The number of carboxylic acid groups (broad SMARTS) is 1. The summed E-state index contributed by atoms with van der Waals surface area (Å²) in [5.74, 6) is -2.02. The molecule has 0 fully saturated rings. The maximum Gasteiger partial charge on any atom is 1.00 e. The molecule has 2 atom stereocenters. The smallest absolute Gasteiger partial charge is 0.770 e. The fourth-order valence-corrected chi connectivity index (χ4v) is 0.236. The molecule has 0 saturated carbocycles. The van der Waals surface area contributed by atoms with Crippen molar-refractivity contribution in [3.8, 4) is 0 Å². The number of aliphatic hydroxyl groups is 1. The third-order valence-corrected chi connectivity index (χ3v) is 0.941. The van der Waals surface area contributed by atoms with E-state index in [1.165, 1.54) is 0 Å². The van der Waals surface area contributed by atoms with Gasteiger partial charge in [-0.15, -0.1) is 0 Å². The Kier molecular flexibility index (Phi) is 15.2. The number of rotatable bonds is 2. The van der Waals surface area contributed by atoms with Crippen molar-refractivity contribution in [1.29, 1.82) is 0 Å². The first-order valence-corrected chi connectivity index (χ1v) is 2.66. The van der Waals surface area contributed by atoms with Gasteiger partial charge in [-0.3, -0.25) is 4.21 Å². The zero-order valence-electron chi connectivity index (χ0n) is 5.57. The third kappa shape index (κ3) is 7.64. The van der Waals surface area contributed by atoms with Gasteiger partial charge >= 0.3 is 59.1 Å². The molecular weight excluding hydrogens is 182 g/mol. The standard InChI is InChI=1S/C2H4O5S.2Na/c3-1(4)2(5)8(6)7;;/h2,5H,(H,3,4)(H,6,7);;/q;2*+1/p-2. The molecule has 5 nitrogen and oxygen atoms in total. The minimum absolute atomic E-state index is 0. The van der Waals surface area contributed by atoms with E-state index in [1.807, 2.05) is 0 Å². The molecule has 2 unspecified atom stereocenters. The molecule has 0 aromatic carbocycles. The number of carboxylic acids is 1. The van der Waals surface area contributed by atoms with Crippen LogP contribution in [-0.4, -0.2) is 25.3 Å². The summed E-state index contributed by atoms with van der Waals surface area (Å²) in [7, 11) is 0. The minimum atomic E-state index is -3.00. The van der Waals surface area contributed by atoms with E-state index in [9.17, 15) is 18.7 Å². The van der Waals surface area contributed by atoms with Crippen LogP contribution >= 0.6 is 0 Å². The summed E-state index contributed by atoms with van der Waals surface area (Å²) in [6.45, 7) is 0. The Bertz CT molecular complexity index is 113. The van der Waals surface area contributed by atoms with E-state index >= 15 is 0 Å². The van der Waals surface area contributed by atoms with Crippen LogP contribution < -0.4 is 64.2 Å². The van der Waals surface area contributed by atoms with E-state index in [1.54, 1.807) is 0 Å². The Morgan fingerprint density at radius 2 is 1.80 bits per heavy atom. The second-order valence-electron chi connectivity index (χ2n) is 0.932. The predicted molar refractivity (Wildman–Crippen MR) is 19.9 cm³/mol. The van der Waals surface area contributed by atoms with Crippen molar-refractivity contribution >= 4 is 17.0 Å². The summed E-state index contributed by atoms with van der Waals surface area (Å²) < 4.78 is 18.9. The Morgan fingerprint density at radius 3 is 1.80 bits per heavy atom. The molecule has 0 radical (unpaired) electrons.